The van der Waals surface area contributed by atoms with Crippen molar-refractivity contribution < 1.29 is 0 Å². The van der Waals surface area contributed by atoms with Gasteiger partial charge in [0.25, 0.3) is 0 Å². The molecular formula is C88H70N4. The van der Waals surface area contributed by atoms with E-state index in [1.165, 1.54) is 50.6 Å². The van der Waals surface area contributed by atoms with Crippen LogP contribution in [0.5, 0.6) is 0 Å². The van der Waals surface area contributed by atoms with Crippen molar-refractivity contribution in [1.29, 1.82) is 0 Å². The second-order valence-corrected chi connectivity index (χ2v) is 24.0. The lowest BCUT2D eigenvalue weighted by atomic mass is 9.65. The van der Waals surface area contributed by atoms with Crippen molar-refractivity contribution in [2.45, 2.75) is 37.5 Å². The molecule has 0 spiro atoms. The molecule has 0 radical (unpaired) electrons. The largest absolute Gasteiger partial charge is 0.311 e. The zero-order valence-electron chi connectivity index (χ0n) is 51.5. The van der Waals surface area contributed by atoms with Crippen LogP contribution in [-0.2, 0) is 5.41 Å². The smallest absolute Gasteiger partial charge is 0.0464 e. The third kappa shape index (κ3) is 11.6. The highest BCUT2D eigenvalue weighted by Gasteiger charge is 2.37. The summed E-state index contributed by atoms with van der Waals surface area (Å²) < 4.78 is 0. The molecule has 442 valence electrons. The van der Waals surface area contributed by atoms with Crippen LogP contribution in [0.25, 0.3) is 44.2 Å². The van der Waals surface area contributed by atoms with Gasteiger partial charge in [-0.25, -0.2) is 0 Å². The third-order valence-corrected chi connectivity index (χ3v) is 18.5. The summed E-state index contributed by atoms with van der Waals surface area (Å²) >= 11 is 0. The van der Waals surface area contributed by atoms with Gasteiger partial charge in [0.1, 0.15) is 0 Å². The molecule has 1 saturated carbocycles. The summed E-state index contributed by atoms with van der Waals surface area (Å²) in [4.78, 5) is 9.49. The van der Waals surface area contributed by atoms with Crippen molar-refractivity contribution in [3.8, 4) is 33.4 Å². The predicted molar refractivity (Wildman–Crippen MR) is 389 cm³/mol. The maximum atomic E-state index is 2.50. The molecule has 1 aliphatic carbocycles. The number of hydrogen-bond acceptors (Lipinski definition) is 4. The average molecular weight is 1180 g/mol. The molecule has 0 unspecified atom stereocenters. The highest BCUT2D eigenvalue weighted by Crippen LogP contribution is 2.49. The second-order valence-electron chi connectivity index (χ2n) is 24.0. The zero-order chi connectivity index (χ0) is 61.5. The van der Waals surface area contributed by atoms with Gasteiger partial charge in [0.05, 0.1) is 0 Å². The fourth-order valence-electron chi connectivity index (χ4n) is 13.9. The van der Waals surface area contributed by atoms with Crippen LogP contribution >= 0.6 is 0 Å². The van der Waals surface area contributed by atoms with E-state index < -0.39 is 0 Å². The monoisotopic (exact) mass is 1180 g/mol. The van der Waals surface area contributed by atoms with Gasteiger partial charge in [-0.05, 0) is 214 Å². The normalized spacial score (nSPS) is 12.7. The number of benzene rings is 14. The molecule has 0 aromatic heterocycles. The number of anilines is 12. The Kier molecular flexibility index (Phi) is 16.1. The molecule has 15 rings (SSSR count). The molecule has 4 heteroatoms. The molecule has 14 aromatic rings. The summed E-state index contributed by atoms with van der Waals surface area (Å²) in [6.07, 6.45) is 5.68. The lowest BCUT2D eigenvalue weighted by Crippen LogP contribution is -2.31. The standard InChI is InChI=1S/C88H70N4/c1-7-28-74(29-8-1)89(75-30-9-2-10-31-75)79-52-42-66(43-53-79)68-46-56-81(57-47-68)91(78-36-15-5-16-37-78)84-38-22-26-72(64-84)88(62-19-6-20-63-88)73-27-23-39-85(65-73)92(83-60-50-71(51-61-83)87-41-21-25-70-24-17-18-40-86(70)87)82-58-48-69(49-59-82)67-44-54-80(55-45-67)90(76-32-11-3-12-33-76)77-34-13-4-14-35-77/h1-5,7-18,21-61,64-65H,6,19-20,62-63H2. The molecule has 14 aromatic carbocycles. The van der Waals surface area contributed by atoms with Crippen molar-refractivity contribution in [3.63, 3.8) is 0 Å². The van der Waals surface area contributed by atoms with Crippen molar-refractivity contribution in [2.24, 2.45) is 0 Å². The SMILES string of the molecule is c1ccc(N(c2ccccc2)c2ccc(-c3ccc(N(c4ccccc4)c4cccc(C5(c6cccc(N(c7ccc(-c8ccc(N(c9ccccc9)c9ccccc9)cc8)cc7)c7ccc(-c8cccc9ccccc89)cc7)c6)CCCCC5)c4)cc3)cc2)cc1. The summed E-state index contributed by atoms with van der Waals surface area (Å²) in [6.45, 7) is 0. The van der Waals surface area contributed by atoms with E-state index in [1.54, 1.807) is 0 Å². The van der Waals surface area contributed by atoms with E-state index in [2.05, 4.69) is 384 Å². The first-order valence-electron chi connectivity index (χ1n) is 32.3. The third-order valence-electron chi connectivity index (χ3n) is 18.5. The van der Waals surface area contributed by atoms with Crippen molar-refractivity contribution >= 4 is 79.0 Å². The molecule has 0 saturated heterocycles. The van der Waals surface area contributed by atoms with Crippen LogP contribution in [0.3, 0.4) is 0 Å². The van der Waals surface area contributed by atoms with Crippen LogP contribution in [-0.4, -0.2) is 0 Å². The molecule has 0 N–H and O–H groups in total. The Balaban J connectivity index is 0.766. The highest BCUT2D eigenvalue weighted by atomic mass is 15.2. The second kappa shape index (κ2) is 25.9. The van der Waals surface area contributed by atoms with Gasteiger partial charge in [-0.2, -0.15) is 0 Å². The Bertz CT molecular complexity index is 4640. The van der Waals surface area contributed by atoms with E-state index >= 15 is 0 Å². The van der Waals surface area contributed by atoms with Gasteiger partial charge in [0.15, 0.2) is 0 Å². The van der Waals surface area contributed by atoms with Crippen LogP contribution in [0.2, 0.25) is 0 Å². The number of fused-ring (bicyclic) bond motifs is 1. The van der Waals surface area contributed by atoms with Crippen LogP contribution in [0.15, 0.2) is 364 Å². The first-order valence-corrected chi connectivity index (χ1v) is 32.3. The Morgan fingerprint density at radius 2 is 0.457 bits per heavy atom. The average Bonchev–Trinajstić information content (AvgIpc) is 0.875. The summed E-state index contributed by atoms with van der Waals surface area (Å²) in [7, 11) is 0. The lowest BCUT2D eigenvalue weighted by Gasteiger charge is -2.40. The minimum atomic E-state index is -0.213. The van der Waals surface area contributed by atoms with Crippen molar-refractivity contribution in [3.05, 3.63) is 375 Å². The van der Waals surface area contributed by atoms with E-state index in [0.717, 1.165) is 105 Å². The molecule has 92 heavy (non-hydrogen) atoms. The topological polar surface area (TPSA) is 13.0 Å². The van der Waals surface area contributed by atoms with Crippen LogP contribution in [0.4, 0.5) is 68.2 Å². The predicted octanol–water partition coefficient (Wildman–Crippen LogP) is 25.0. The van der Waals surface area contributed by atoms with E-state index in [1.807, 2.05) is 0 Å². The van der Waals surface area contributed by atoms with Crippen LogP contribution in [0.1, 0.15) is 43.2 Å². The maximum absolute atomic E-state index is 2.50. The van der Waals surface area contributed by atoms with E-state index in [0.29, 0.717) is 0 Å². The summed E-state index contributed by atoms with van der Waals surface area (Å²) in [6, 6.07) is 133. The van der Waals surface area contributed by atoms with E-state index in [9.17, 15) is 0 Å². The van der Waals surface area contributed by atoms with Gasteiger partial charge >= 0.3 is 0 Å². The Morgan fingerprint density at radius 1 is 0.196 bits per heavy atom. The Hall–Kier alpha value is -11.5. The number of para-hydroxylation sites is 5. The van der Waals surface area contributed by atoms with Gasteiger partial charge in [0, 0.05) is 73.7 Å². The van der Waals surface area contributed by atoms with Crippen molar-refractivity contribution in [2.75, 3.05) is 19.6 Å². The summed E-state index contributed by atoms with van der Waals surface area (Å²) in [5.41, 5.74) is 23.0. The minimum Gasteiger partial charge on any atom is -0.311 e. The molecule has 0 aliphatic heterocycles. The van der Waals surface area contributed by atoms with E-state index in [-0.39, 0.29) is 5.41 Å². The molecule has 0 atom stereocenters. The van der Waals surface area contributed by atoms with E-state index in [4.69, 9.17) is 0 Å². The Labute approximate surface area is 541 Å². The number of nitrogens with zero attached hydrogens (tertiary/aromatic N) is 4. The first kappa shape index (κ1) is 57.0. The quantitative estimate of drug-likeness (QED) is 0.0901. The summed E-state index contributed by atoms with van der Waals surface area (Å²) in [5.74, 6) is 0. The zero-order valence-corrected chi connectivity index (χ0v) is 51.5. The fraction of sp³-hybridized carbons (Fsp3) is 0.0682. The molecule has 0 heterocycles. The van der Waals surface area contributed by atoms with Crippen LogP contribution in [0, 0.1) is 0 Å². The molecular weight excluding hydrogens is 1110 g/mol. The molecule has 0 bridgehead atoms. The first-order chi connectivity index (χ1) is 45.6. The fourth-order valence-corrected chi connectivity index (χ4v) is 13.9. The molecule has 1 aliphatic rings. The summed E-state index contributed by atoms with van der Waals surface area (Å²) in [5, 5.41) is 2.49. The van der Waals surface area contributed by atoms with Gasteiger partial charge < -0.3 is 19.6 Å². The van der Waals surface area contributed by atoms with Gasteiger partial charge in [-0.1, -0.05) is 238 Å². The molecule has 1 fully saturated rings. The molecule has 0 amide bonds. The Morgan fingerprint density at radius 3 is 0.804 bits per heavy atom. The highest BCUT2D eigenvalue weighted by molar-refractivity contribution is 5.97. The maximum Gasteiger partial charge on any atom is 0.0464 e. The van der Waals surface area contributed by atoms with Gasteiger partial charge in [-0.15, -0.1) is 0 Å². The van der Waals surface area contributed by atoms with Gasteiger partial charge in [0.2, 0.25) is 0 Å². The van der Waals surface area contributed by atoms with Crippen LogP contribution < -0.4 is 19.6 Å². The van der Waals surface area contributed by atoms with Crippen molar-refractivity contribution in [1.82, 2.24) is 0 Å². The molecule has 4 nitrogen and oxygen atoms in total. The number of rotatable bonds is 17. The minimum absolute atomic E-state index is 0.213. The lowest BCUT2D eigenvalue weighted by molar-refractivity contribution is 0.346. The van der Waals surface area contributed by atoms with Gasteiger partial charge in [-0.3, -0.25) is 0 Å². The number of hydrogen-bond donors (Lipinski definition) is 0.